The maximum atomic E-state index is 13.6. The zero-order valence-corrected chi connectivity index (χ0v) is 29.5. The van der Waals surface area contributed by atoms with Gasteiger partial charge in [0.05, 0.1) is 5.56 Å². The number of nitrogens with zero attached hydrogens (tertiary/aromatic N) is 1. The van der Waals surface area contributed by atoms with E-state index in [1.807, 2.05) is 18.3 Å². The van der Waals surface area contributed by atoms with Gasteiger partial charge in [0.15, 0.2) is 0 Å². The maximum Gasteiger partial charge on any atom is 0.338 e. The van der Waals surface area contributed by atoms with Crippen molar-refractivity contribution in [3.63, 3.8) is 0 Å². The van der Waals surface area contributed by atoms with E-state index >= 15 is 0 Å². The van der Waals surface area contributed by atoms with Crippen molar-refractivity contribution in [3.8, 4) is 5.75 Å². The van der Waals surface area contributed by atoms with Crippen LogP contribution in [0.5, 0.6) is 5.75 Å². The number of aryl methyl sites for hydroxylation is 1. The van der Waals surface area contributed by atoms with E-state index in [4.69, 9.17) is 9.16 Å². The molecule has 2 fully saturated rings. The topological polar surface area (TPSA) is 48.4 Å². The molecule has 6 rings (SSSR count). The van der Waals surface area contributed by atoms with Crippen LogP contribution in [-0.4, -0.2) is 25.4 Å². The molecule has 44 heavy (non-hydrogen) atoms. The van der Waals surface area contributed by atoms with Crippen molar-refractivity contribution in [3.05, 3.63) is 76.6 Å². The van der Waals surface area contributed by atoms with Crippen LogP contribution in [0.1, 0.15) is 107 Å². The molecular formula is C39H53NO3Si. The van der Waals surface area contributed by atoms with Gasteiger partial charge in [0, 0.05) is 18.8 Å². The van der Waals surface area contributed by atoms with E-state index in [9.17, 15) is 4.79 Å². The first-order chi connectivity index (χ1) is 20.6. The monoisotopic (exact) mass is 611 g/mol. The molecule has 3 unspecified atom stereocenters. The Hall–Kier alpha value is -2.66. The van der Waals surface area contributed by atoms with E-state index in [1.54, 1.807) is 0 Å². The molecule has 0 spiro atoms. The van der Waals surface area contributed by atoms with Crippen LogP contribution < -0.4 is 4.43 Å². The normalized spacial score (nSPS) is 31.7. The van der Waals surface area contributed by atoms with Gasteiger partial charge in [-0.25, -0.2) is 4.79 Å². The summed E-state index contributed by atoms with van der Waals surface area (Å²) in [7, 11) is -2.04. The first-order valence-corrected chi connectivity index (χ1v) is 19.9. The lowest BCUT2D eigenvalue weighted by atomic mass is 9.47. The summed E-state index contributed by atoms with van der Waals surface area (Å²) in [6.45, 7) is 20.4. The minimum Gasteiger partial charge on any atom is -0.543 e. The Balaban J connectivity index is 1.16. The van der Waals surface area contributed by atoms with Gasteiger partial charge in [-0.15, -0.1) is 0 Å². The standard InChI is InChI=1S/C39H53NO3Si/c1-25-21-28(22-35(26(25)2)43-44(8,9)37(3,4)5)36(41)42-30-16-18-38(6)29(23-30)12-13-31-33-15-14-32(27-11-10-20-40-24-27)39(33,7)19-17-34(31)38/h10-12,14,20-22,24,30-31,33-34H,13,15-19,23H2,1-9H3/t30-,31?,33?,34?,38-,39+/m0/s1. The van der Waals surface area contributed by atoms with Crippen LogP contribution in [0.25, 0.3) is 5.57 Å². The maximum absolute atomic E-state index is 13.6. The minimum absolute atomic E-state index is 0.0658. The summed E-state index contributed by atoms with van der Waals surface area (Å²) in [5, 5.41) is 0.0816. The van der Waals surface area contributed by atoms with Crippen LogP contribution >= 0.6 is 0 Å². The molecule has 0 radical (unpaired) electrons. The van der Waals surface area contributed by atoms with Crippen molar-refractivity contribution in [1.82, 2.24) is 4.98 Å². The molecule has 1 aromatic heterocycles. The Morgan fingerprint density at radius 1 is 1.00 bits per heavy atom. The van der Waals surface area contributed by atoms with Gasteiger partial charge in [-0.2, -0.15) is 0 Å². The van der Waals surface area contributed by atoms with Crippen LogP contribution in [-0.2, 0) is 4.74 Å². The van der Waals surface area contributed by atoms with Gasteiger partial charge < -0.3 is 9.16 Å². The molecule has 5 heteroatoms. The molecule has 0 saturated heterocycles. The first kappa shape index (κ1) is 31.3. The van der Waals surface area contributed by atoms with Crippen LogP contribution in [0.3, 0.4) is 0 Å². The van der Waals surface area contributed by atoms with Gasteiger partial charge in [0.1, 0.15) is 11.9 Å². The van der Waals surface area contributed by atoms with Crippen LogP contribution in [0.15, 0.2) is 54.4 Å². The highest BCUT2D eigenvalue weighted by atomic mass is 28.4. The number of rotatable bonds is 5. The number of carbonyl (C=O) groups is 1. The van der Waals surface area contributed by atoms with E-state index in [0.717, 1.165) is 42.6 Å². The molecule has 1 aromatic carbocycles. The minimum atomic E-state index is -2.04. The van der Waals surface area contributed by atoms with Gasteiger partial charge in [-0.1, -0.05) is 58.4 Å². The molecule has 1 heterocycles. The Morgan fingerprint density at radius 2 is 1.75 bits per heavy atom. The number of fused-ring (bicyclic) bond motifs is 5. The fourth-order valence-corrected chi connectivity index (χ4v) is 10.0. The fourth-order valence-electron chi connectivity index (χ4n) is 8.96. The van der Waals surface area contributed by atoms with E-state index in [-0.39, 0.29) is 27.9 Å². The third kappa shape index (κ3) is 5.21. The first-order valence-electron chi connectivity index (χ1n) is 17.0. The number of hydrogen-bond donors (Lipinski definition) is 0. The number of carbonyl (C=O) groups excluding carboxylic acids is 1. The van der Waals surface area contributed by atoms with Gasteiger partial charge in [0.25, 0.3) is 0 Å². The molecule has 6 atom stereocenters. The number of esters is 1. The van der Waals surface area contributed by atoms with Crippen molar-refractivity contribution in [2.45, 2.75) is 118 Å². The van der Waals surface area contributed by atoms with Gasteiger partial charge in [-0.05, 0) is 140 Å². The fraction of sp³-hybridized carbons (Fsp3) is 0.590. The Labute approximate surface area is 266 Å². The number of benzene rings is 1. The average Bonchev–Trinajstić information content (AvgIpc) is 3.32. The second kappa shape index (κ2) is 11.0. The molecule has 2 saturated carbocycles. The molecule has 4 aliphatic carbocycles. The summed E-state index contributed by atoms with van der Waals surface area (Å²) in [5.41, 5.74) is 7.59. The molecule has 0 amide bonds. The van der Waals surface area contributed by atoms with Crippen LogP contribution in [0.4, 0.5) is 0 Å². The van der Waals surface area contributed by atoms with Crippen molar-refractivity contribution in [1.29, 1.82) is 0 Å². The highest BCUT2D eigenvalue weighted by Crippen LogP contribution is 2.66. The number of ether oxygens (including phenoxy) is 1. The zero-order chi connectivity index (χ0) is 31.7. The molecule has 0 bridgehead atoms. The van der Waals surface area contributed by atoms with E-state index in [2.05, 4.69) is 97.0 Å². The lowest BCUT2D eigenvalue weighted by molar-refractivity contribution is -0.0307. The van der Waals surface area contributed by atoms with Gasteiger partial charge in [-0.3, -0.25) is 4.98 Å². The Morgan fingerprint density at radius 3 is 2.45 bits per heavy atom. The highest BCUT2D eigenvalue weighted by Gasteiger charge is 2.57. The number of aromatic nitrogens is 1. The number of allylic oxidation sites excluding steroid dienone is 3. The third-order valence-electron chi connectivity index (χ3n) is 12.9. The summed E-state index contributed by atoms with van der Waals surface area (Å²) in [5.74, 6) is 2.72. The van der Waals surface area contributed by atoms with Gasteiger partial charge in [0.2, 0.25) is 8.32 Å². The Kier molecular flexibility index (Phi) is 7.83. The highest BCUT2D eigenvalue weighted by molar-refractivity contribution is 6.74. The van der Waals surface area contributed by atoms with Crippen molar-refractivity contribution >= 4 is 19.9 Å². The summed E-state index contributed by atoms with van der Waals surface area (Å²) in [4.78, 5) is 18.0. The van der Waals surface area contributed by atoms with Crippen molar-refractivity contribution in [2.75, 3.05) is 0 Å². The predicted molar refractivity (Wildman–Crippen MR) is 182 cm³/mol. The van der Waals surface area contributed by atoms with Gasteiger partial charge >= 0.3 is 5.97 Å². The van der Waals surface area contributed by atoms with E-state index in [0.29, 0.717) is 23.3 Å². The average molecular weight is 612 g/mol. The molecule has 2 aromatic rings. The Bertz CT molecular complexity index is 1500. The zero-order valence-electron chi connectivity index (χ0n) is 28.5. The van der Waals surface area contributed by atoms with Crippen molar-refractivity contribution in [2.24, 2.45) is 28.6 Å². The molecule has 0 N–H and O–H groups in total. The smallest absolute Gasteiger partial charge is 0.338 e. The van der Waals surface area contributed by atoms with Crippen molar-refractivity contribution < 1.29 is 14.0 Å². The largest absolute Gasteiger partial charge is 0.543 e. The second-order valence-corrected chi connectivity index (χ2v) is 21.1. The summed E-state index contributed by atoms with van der Waals surface area (Å²) in [6.07, 6.45) is 16.7. The number of pyridine rings is 1. The third-order valence-corrected chi connectivity index (χ3v) is 17.3. The van der Waals surface area contributed by atoms with E-state index < -0.39 is 8.32 Å². The molecular weight excluding hydrogens is 559 g/mol. The van der Waals surface area contributed by atoms with E-state index in [1.165, 1.54) is 36.0 Å². The molecule has 4 nitrogen and oxygen atoms in total. The molecule has 0 aliphatic heterocycles. The number of hydrogen-bond acceptors (Lipinski definition) is 4. The lowest BCUT2D eigenvalue weighted by Gasteiger charge is -2.57. The summed E-state index contributed by atoms with van der Waals surface area (Å²) in [6, 6.07) is 8.21. The quantitative estimate of drug-likeness (QED) is 0.192. The SMILES string of the molecule is Cc1cc(C(=O)O[C@H]2CC[C@@]3(C)C(=CCC4C3CC[C@]3(C)C(c5cccnc5)=CCC43)C2)cc(O[Si](C)(C)C(C)(C)C)c1C. The summed E-state index contributed by atoms with van der Waals surface area (Å²) < 4.78 is 12.9. The summed E-state index contributed by atoms with van der Waals surface area (Å²) >= 11 is 0. The predicted octanol–water partition coefficient (Wildman–Crippen LogP) is 10.3. The molecule has 236 valence electrons. The van der Waals surface area contributed by atoms with Crippen LogP contribution in [0.2, 0.25) is 18.1 Å². The lowest BCUT2D eigenvalue weighted by Crippen LogP contribution is -2.50. The van der Waals surface area contributed by atoms with Crippen LogP contribution in [0, 0.1) is 42.4 Å². The second-order valence-electron chi connectivity index (χ2n) is 16.4. The molecule has 4 aliphatic rings.